The van der Waals surface area contributed by atoms with Crippen molar-refractivity contribution in [2.24, 2.45) is 0 Å². The first-order valence-electron chi connectivity index (χ1n) is 10.5. The highest BCUT2D eigenvalue weighted by Gasteiger charge is 2.43. The van der Waals surface area contributed by atoms with Gasteiger partial charge in [0.25, 0.3) is 5.91 Å². The van der Waals surface area contributed by atoms with Gasteiger partial charge in [0.1, 0.15) is 11.4 Å². The average Bonchev–Trinajstić information content (AvgIpc) is 3.13. The Balaban J connectivity index is 1.70. The molecule has 0 radical (unpaired) electrons. The SMILES string of the molecule is CCOC(=O)c1ccc(N2C(=O)c3oc4ccc(F)cc4c(=O)c3C2c2ccc(Cl)cc2)cc1. The fourth-order valence-corrected chi connectivity index (χ4v) is 4.27. The molecule has 1 amide bonds. The van der Waals surface area contributed by atoms with Crippen LogP contribution in [-0.2, 0) is 4.74 Å². The van der Waals surface area contributed by atoms with E-state index in [1.807, 2.05) is 0 Å². The Morgan fingerprint density at radius 3 is 2.44 bits per heavy atom. The van der Waals surface area contributed by atoms with Gasteiger partial charge in [0.05, 0.1) is 29.2 Å². The predicted octanol–water partition coefficient (Wildman–Crippen LogP) is 5.51. The third kappa shape index (κ3) is 3.54. The Labute approximate surface area is 198 Å². The fourth-order valence-electron chi connectivity index (χ4n) is 4.14. The number of rotatable bonds is 4. The van der Waals surface area contributed by atoms with Crippen LogP contribution in [0.3, 0.4) is 0 Å². The number of amides is 1. The number of halogens is 2. The minimum Gasteiger partial charge on any atom is -0.462 e. The van der Waals surface area contributed by atoms with E-state index in [4.69, 9.17) is 20.8 Å². The van der Waals surface area contributed by atoms with Crippen molar-refractivity contribution >= 4 is 40.1 Å². The van der Waals surface area contributed by atoms with E-state index in [9.17, 15) is 18.8 Å². The van der Waals surface area contributed by atoms with E-state index in [-0.39, 0.29) is 28.9 Å². The van der Waals surface area contributed by atoms with Crippen molar-refractivity contribution < 1.29 is 23.1 Å². The maximum absolute atomic E-state index is 13.9. The summed E-state index contributed by atoms with van der Waals surface area (Å²) in [6.07, 6.45) is 0. The lowest BCUT2D eigenvalue weighted by Crippen LogP contribution is -2.29. The molecular formula is C26H17ClFNO5. The van der Waals surface area contributed by atoms with Gasteiger partial charge in [-0.3, -0.25) is 14.5 Å². The zero-order valence-electron chi connectivity index (χ0n) is 17.9. The minimum absolute atomic E-state index is 0.0463. The summed E-state index contributed by atoms with van der Waals surface area (Å²) < 4.78 is 24.7. The molecule has 0 fully saturated rings. The van der Waals surface area contributed by atoms with Gasteiger partial charge in [-0.1, -0.05) is 23.7 Å². The molecule has 0 bridgehead atoms. The van der Waals surface area contributed by atoms with Crippen LogP contribution >= 0.6 is 11.6 Å². The average molecular weight is 478 g/mol. The van der Waals surface area contributed by atoms with Crippen molar-refractivity contribution in [3.05, 3.63) is 110 Å². The van der Waals surface area contributed by atoms with Crippen molar-refractivity contribution in [1.82, 2.24) is 0 Å². The highest BCUT2D eigenvalue weighted by atomic mass is 35.5. The summed E-state index contributed by atoms with van der Waals surface area (Å²) in [4.78, 5) is 40.5. The summed E-state index contributed by atoms with van der Waals surface area (Å²) in [6, 6.07) is 15.8. The quantitative estimate of drug-likeness (QED) is 0.362. The topological polar surface area (TPSA) is 76.8 Å². The molecule has 170 valence electrons. The lowest BCUT2D eigenvalue weighted by atomic mass is 9.98. The molecule has 0 saturated carbocycles. The number of fused-ring (bicyclic) bond motifs is 2. The lowest BCUT2D eigenvalue weighted by Gasteiger charge is -2.25. The monoisotopic (exact) mass is 477 g/mol. The zero-order valence-corrected chi connectivity index (χ0v) is 18.6. The van der Waals surface area contributed by atoms with Crippen molar-refractivity contribution in [2.75, 3.05) is 11.5 Å². The van der Waals surface area contributed by atoms with Crippen LogP contribution in [0.1, 0.15) is 45.0 Å². The summed E-state index contributed by atoms with van der Waals surface area (Å²) >= 11 is 6.05. The van der Waals surface area contributed by atoms with Crippen LogP contribution in [-0.4, -0.2) is 18.5 Å². The summed E-state index contributed by atoms with van der Waals surface area (Å²) in [5.74, 6) is -1.70. The number of carbonyl (C=O) groups excluding carboxylic acids is 2. The minimum atomic E-state index is -0.836. The van der Waals surface area contributed by atoms with Gasteiger partial charge < -0.3 is 9.15 Å². The van der Waals surface area contributed by atoms with Gasteiger partial charge >= 0.3 is 5.97 Å². The number of ether oxygens (including phenoxy) is 1. The second kappa shape index (κ2) is 8.43. The van der Waals surface area contributed by atoms with E-state index in [0.29, 0.717) is 21.8 Å². The van der Waals surface area contributed by atoms with Crippen molar-refractivity contribution in [2.45, 2.75) is 13.0 Å². The van der Waals surface area contributed by atoms with Crippen molar-refractivity contribution in [3.63, 3.8) is 0 Å². The van der Waals surface area contributed by atoms with Gasteiger partial charge in [0.2, 0.25) is 5.76 Å². The molecule has 1 aromatic heterocycles. The summed E-state index contributed by atoms with van der Waals surface area (Å²) in [6.45, 7) is 1.95. The molecule has 4 aromatic rings. The first-order chi connectivity index (χ1) is 16.4. The molecule has 1 aliphatic heterocycles. The number of carbonyl (C=O) groups is 2. The van der Waals surface area contributed by atoms with E-state index in [1.165, 1.54) is 17.0 Å². The smallest absolute Gasteiger partial charge is 0.338 e. The second-order valence-electron chi connectivity index (χ2n) is 7.71. The molecule has 6 nitrogen and oxygen atoms in total. The van der Waals surface area contributed by atoms with Crippen LogP contribution in [0.25, 0.3) is 11.0 Å². The van der Waals surface area contributed by atoms with Crippen molar-refractivity contribution in [1.29, 1.82) is 0 Å². The van der Waals surface area contributed by atoms with Crippen LogP contribution in [0, 0.1) is 5.82 Å². The molecule has 5 rings (SSSR count). The Bertz CT molecular complexity index is 1500. The van der Waals surface area contributed by atoms with Crippen LogP contribution in [0.15, 0.2) is 75.9 Å². The molecule has 1 aliphatic rings. The maximum atomic E-state index is 13.9. The Hall–Kier alpha value is -3.97. The summed E-state index contributed by atoms with van der Waals surface area (Å²) in [5, 5.41) is 0.538. The van der Waals surface area contributed by atoms with Crippen LogP contribution < -0.4 is 10.3 Å². The van der Waals surface area contributed by atoms with Gasteiger partial charge in [-0.05, 0) is 67.1 Å². The van der Waals surface area contributed by atoms with Crippen LogP contribution in [0.2, 0.25) is 5.02 Å². The van der Waals surface area contributed by atoms with Gasteiger partial charge in [0.15, 0.2) is 5.43 Å². The molecule has 3 aromatic carbocycles. The second-order valence-corrected chi connectivity index (χ2v) is 8.15. The molecule has 2 heterocycles. The van der Waals surface area contributed by atoms with E-state index in [1.54, 1.807) is 55.5 Å². The van der Waals surface area contributed by atoms with E-state index < -0.39 is 29.2 Å². The fraction of sp³-hybridized carbons (Fsp3) is 0.115. The zero-order chi connectivity index (χ0) is 24.0. The normalized spacial score (nSPS) is 15.0. The lowest BCUT2D eigenvalue weighted by molar-refractivity contribution is 0.0526. The van der Waals surface area contributed by atoms with Gasteiger partial charge in [-0.2, -0.15) is 0 Å². The number of anilines is 1. The molecule has 34 heavy (non-hydrogen) atoms. The van der Waals surface area contributed by atoms with E-state index in [0.717, 1.165) is 6.07 Å². The highest BCUT2D eigenvalue weighted by Crippen LogP contribution is 2.41. The molecule has 0 N–H and O–H groups in total. The van der Waals surface area contributed by atoms with E-state index >= 15 is 0 Å². The Morgan fingerprint density at radius 1 is 1.06 bits per heavy atom. The summed E-state index contributed by atoms with van der Waals surface area (Å²) in [7, 11) is 0. The number of benzene rings is 3. The van der Waals surface area contributed by atoms with Crippen LogP contribution in [0.4, 0.5) is 10.1 Å². The Kier molecular flexibility index (Phi) is 5.42. The summed E-state index contributed by atoms with van der Waals surface area (Å²) in [5.41, 5.74) is 1.13. The van der Waals surface area contributed by atoms with Gasteiger partial charge in [-0.25, -0.2) is 9.18 Å². The molecule has 1 atom stereocenters. The van der Waals surface area contributed by atoms with Crippen molar-refractivity contribution in [3.8, 4) is 0 Å². The first-order valence-corrected chi connectivity index (χ1v) is 10.9. The molecule has 8 heteroatoms. The van der Waals surface area contributed by atoms with Gasteiger partial charge in [-0.15, -0.1) is 0 Å². The highest BCUT2D eigenvalue weighted by molar-refractivity contribution is 6.30. The maximum Gasteiger partial charge on any atom is 0.338 e. The number of hydrogen-bond donors (Lipinski definition) is 0. The molecule has 1 unspecified atom stereocenters. The predicted molar refractivity (Wildman–Crippen MR) is 125 cm³/mol. The van der Waals surface area contributed by atoms with E-state index in [2.05, 4.69) is 0 Å². The molecule has 0 saturated heterocycles. The third-order valence-electron chi connectivity index (χ3n) is 5.67. The Morgan fingerprint density at radius 2 is 1.76 bits per heavy atom. The number of hydrogen-bond acceptors (Lipinski definition) is 5. The molecular weight excluding hydrogens is 461 g/mol. The molecule has 0 aliphatic carbocycles. The number of esters is 1. The van der Waals surface area contributed by atoms with Gasteiger partial charge in [0, 0.05) is 10.7 Å². The standard InChI is InChI=1S/C26H17ClFNO5/c1-2-33-26(32)15-5-10-18(11-6-15)29-22(14-3-7-16(27)8-4-14)21-23(30)19-13-17(28)9-12-20(19)34-24(21)25(29)31/h3-13,22H,2H2,1H3. The first kappa shape index (κ1) is 21.9. The number of nitrogens with zero attached hydrogens (tertiary/aromatic N) is 1. The largest absolute Gasteiger partial charge is 0.462 e. The third-order valence-corrected chi connectivity index (χ3v) is 5.93. The van der Waals surface area contributed by atoms with Crippen LogP contribution in [0.5, 0.6) is 0 Å². The molecule has 0 spiro atoms.